The highest BCUT2D eigenvalue weighted by atomic mass is 16.5. The van der Waals surface area contributed by atoms with Gasteiger partial charge in [-0.1, -0.05) is 40.5 Å². The maximum atomic E-state index is 6.39. The predicted octanol–water partition coefficient (Wildman–Crippen LogP) is 3.74. The van der Waals surface area contributed by atoms with Gasteiger partial charge in [0.1, 0.15) is 0 Å². The Morgan fingerprint density at radius 3 is 1.81 bits per heavy atom. The molecule has 16 heavy (non-hydrogen) atoms. The molecule has 0 radical (unpaired) electrons. The average Bonchev–Trinajstić information content (AvgIpc) is 2.32. The molecule has 0 rings (SSSR count). The van der Waals surface area contributed by atoms with Crippen molar-refractivity contribution in [3.8, 4) is 0 Å². The van der Waals surface area contributed by atoms with Gasteiger partial charge in [-0.05, 0) is 32.1 Å². The van der Waals surface area contributed by atoms with Gasteiger partial charge in [0.15, 0.2) is 0 Å². The second kappa shape index (κ2) is 8.08. The topological polar surface area (TPSA) is 35.2 Å². The van der Waals surface area contributed by atoms with E-state index in [1.807, 2.05) is 0 Å². The molecule has 98 valence electrons. The highest BCUT2D eigenvalue weighted by Gasteiger charge is 2.34. The molecule has 0 aliphatic carbocycles. The molecule has 1 atom stereocenters. The maximum absolute atomic E-state index is 6.39. The first-order valence-corrected chi connectivity index (χ1v) is 6.99. The summed E-state index contributed by atoms with van der Waals surface area (Å²) in [4.78, 5) is 0. The molecule has 2 heteroatoms. The Kier molecular flexibility index (Phi) is 8.04. The van der Waals surface area contributed by atoms with Crippen molar-refractivity contribution in [3.63, 3.8) is 0 Å². The quantitative estimate of drug-likeness (QED) is 0.654. The Morgan fingerprint density at radius 2 is 1.50 bits per heavy atom. The predicted molar refractivity (Wildman–Crippen MR) is 71.6 cm³/mol. The smallest absolute Gasteiger partial charge is 0.0827 e. The largest absolute Gasteiger partial charge is 0.374 e. The van der Waals surface area contributed by atoms with Gasteiger partial charge in [-0.25, -0.2) is 0 Å². The van der Waals surface area contributed by atoms with Crippen molar-refractivity contribution in [2.45, 2.75) is 78.4 Å². The number of nitrogens with two attached hydrogens (primary N) is 1. The SMILES string of the molecule is CCOC(CC)(CC)C(N)CC(CC)CC. The molecule has 1 unspecified atom stereocenters. The Bertz CT molecular complexity index is 162. The molecule has 0 saturated carbocycles. The van der Waals surface area contributed by atoms with E-state index in [9.17, 15) is 0 Å². The summed E-state index contributed by atoms with van der Waals surface area (Å²) in [6.07, 6.45) is 5.56. The van der Waals surface area contributed by atoms with Crippen LogP contribution in [0.15, 0.2) is 0 Å². The minimum Gasteiger partial charge on any atom is -0.374 e. The van der Waals surface area contributed by atoms with Gasteiger partial charge in [-0.15, -0.1) is 0 Å². The van der Waals surface area contributed by atoms with E-state index >= 15 is 0 Å². The fourth-order valence-electron chi connectivity index (χ4n) is 2.57. The van der Waals surface area contributed by atoms with E-state index < -0.39 is 0 Å². The molecular weight excluding hydrogens is 198 g/mol. The zero-order valence-corrected chi connectivity index (χ0v) is 11.9. The number of rotatable bonds is 9. The highest BCUT2D eigenvalue weighted by molar-refractivity contribution is 4.90. The van der Waals surface area contributed by atoms with E-state index in [-0.39, 0.29) is 11.6 Å². The second-order valence-electron chi connectivity index (χ2n) is 4.73. The minimum absolute atomic E-state index is 0.0999. The van der Waals surface area contributed by atoms with E-state index in [1.165, 1.54) is 12.8 Å². The Hall–Kier alpha value is -0.0800. The van der Waals surface area contributed by atoms with Crippen molar-refractivity contribution >= 4 is 0 Å². The lowest BCUT2D eigenvalue weighted by molar-refractivity contribution is -0.0680. The molecule has 0 saturated heterocycles. The van der Waals surface area contributed by atoms with Crippen LogP contribution < -0.4 is 5.73 Å². The van der Waals surface area contributed by atoms with Crippen LogP contribution in [-0.2, 0) is 4.74 Å². The fourth-order valence-corrected chi connectivity index (χ4v) is 2.57. The number of ether oxygens (including phenoxy) is 1. The molecule has 0 spiro atoms. The van der Waals surface area contributed by atoms with E-state index in [1.54, 1.807) is 0 Å². The summed E-state index contributed by atoms with van der Waals surface area (Å²) < 4.78 is 5.95. The Balaban J connectivity index is 4.53. The molecule has 0 amide bonds. The molecule has 0 aromatic carbocycles. The Labute approximate surface area is 102 Å². The van der Waals surface area contributed by atoms with E-state index in [2.05, 4.69) is 34.6 Å². The van der Waals surface area contributed by atoms with Crippen molar-refractivity contribution < 1.29 is 4.74 Å². The van der Waals surface area contributed by atoms with Gasteiger partial charge < -0.3 is 10.5 Å². The van der Waals surface area contributed by atoms with E-state index in [0.29, 0.717) is 0 Å². The van der Waals surface area contributed by atoms with Gasteiger partial charge in [0.25, 0.3) is 0 Å². The standard InChI is InChI=1S/C14H31NO/c1-6-12(7-2)11-13(15)14(8-3,9-4)16-10-5/h12-13H,6-11,15H2,1-5H3. The van der Waals surface area contributed by atoms with Crippen molar-refractivity contribution in [2.24, 2.45) is 11.7 Å². The van der Waals surface area contributed by atoms with Crippen LogP contribution in [0.25, 0.3) is 0 Å². The molecule has 0 aliphatic heterocycles. The van der Waals surface area contributed by atoms with Gasteiger partial charge in [0.2, 0.25) is 0 Å². The molecular formula is C14H31NO. The van der Waals surface area contributed by atoms with Gasteiger partial charge in [0.05, 0.1) is 5.60 Å². The average molecular weight is 229 g/mol. The van der Waals surface area contributed by atoms with Crippen LogP contribution in [0.3, 0.4) is 0 Å². The summed E-state index contributed by atoms with van der Waals surface area (Å²) in [6.45, 7) is 11.7. The first-order valence-electron chi connectivity index (χ1n) is 6.99. The second-order valence-corrected chi connectivity index (χ2v) is 4.73. The fraction of sp³-hybridized carbons (Fsp3) is 1.00. The molecule has 2 nitrogen and oxygen atoms in total. The lowest BCUT2D eigenvalue weighted by Gasteiger charge is -2.38. The molecule has 0 fully saturated rings. The molecule has 0 aliphatic rings. The molecule has 0 aromatic heterocycles. The third kappa shape index (κ3) is 4.06. The van der Waals surface area contributed by atoms with Gasteiger partial charge in [-0.3, -0.25) is 0 Å². The van der Waals surface area contributed by atoms with E-state index in [4.69, 9.17) is 10.5 Å². The highest BCUT2D eigenvalue weighted by Crippen LogP contribution is 2.29. The van der Waals surface area contributed by atoms with Gasteiger partial charge in [-0.2, -0.15) is 0 Å². The number of hydrogen-bond acceptors (Lipinski definition) is 2. The zero-order chi connectivity index (χ0) is 12.6. The van der Waals surface area contributed by atoms with Crippen molar-refractivity contribution in [1.82, 2.24) is 0 Å². The van der Waals surface area contributed by atoms with E-state index in [0.717, 1.165) is 31.8 Å². The maximum Gasteiger partial charge on any atom is 0.0827 e. The lowest BCUT2D eigenvalue weighted by Crippen LogP contribution is -2.50. The monoisotopic (exact) mass is 229 g/mol. The molecule has 0 aromatic rings. The lowest BCUT2D eigenvalue weighted by atomic mass is 9.82. The summed E-state index contributed by atoms with van der Waals surface area (Å²) in [5.41, 5.74) is 6.29. The number of hydrogen-bond donors (Lipinski definition) is 1. The zero-order valence-electron chi connectivity index (χ0n) is 11.9. The third-order valence-electron chi connectivity index (χ3n) is 4.05. The van der Waals surface area contributed by atoms with Crippen LogP contribution in [0, 0.1) is 5.92 Å². The van der Waals surface area contributed by atoms with Crippen molar-refractivity contribution in [3.05, 3.63) is 0 Å². The van der Waals surface area contributed by atoms with Crippen LogP contribution in [0.1, 0.15) is 66.7 Å². The summed E-state index contributed by atoms with van der Waals surface area (Å²) in [5, 5.41) is 0. The normalized spacial score (nSPS) is 14.4. The minimum atomic E-state index is -0.0999. The first kappa shape index (κ1) is 15.9. The van der Waals surface area contributed by atoms with Crippen molar-refractivity contribution in [2.75, 3.05) is 6.61 Å². The van der Waals surface area contributed by atoms with Crippen molar-refractivity contribution in [1.29, 1.82) is 0 Å². The Morgan fingerprint density at radius 1 is 1.00 bits per heavy atom. The van der Waals surface area contributed by atoms with Crippen LogP contribution in [-0.4, -0.2) is 18.2 Å². The summed E-state index contributed by atoms with van der Waals surface area (Å²) >= 11 is 0. The third-order valence-corrected chi connectivity index (χ3v) is 4.05. The summed E-state index contributed by atoms with van der Waals surface area (Å²) in [6, 6.07) is 0.173. The van der Waals surface area contributed by atoms with Crippen LogP contribution in [0.5, 0.6) is 0 Å². The molecule has 0 bridgehead atoms. The van der Waals surface area contributed by atoms with Gasteiger partial charge >= 0.3 is 0 Å². The van der Waals surface area contributed by atoms with Crippen LogP contribution in [0.4, 0.5) is 0 Å². The first-order chi connectivity index (χ1) is 7.60. The van der Waals surface area contributed by atoms with Crippen LogP contribution in [0.2, 0.25) is 0 Å². The summed E-state index contributed by atoms with van der Waals surface area (Å²) in [7, 11) is 0. The van der Waals surface area contributed by atoms with Gasteiger partial charge in [0, 0.05) is 12.6 Å². The molecule has 0 heterocycles. The summed E-state index contributed by atoms with van der Waals surface area (Å²) in [5.74, 6) is 0.743. The van der Waals surface area contributed by atoms with Crippen LogP contribution >= 0.6 is 0 Å². The molecule has 2 N–H and O–H groups in total.